The van der Waals surface area contributed by atoms with Gasteiger partial charge in [-0.15, -0.1) is 0 Å². The third-order valence-corrected chi connectivity index (χ3v) is 2.97. The summed E-state index contributed by atoms with van der Waals surface area (Å²) in [7, 11) is 0. The van der Waals surface area contributed by atoms with Gasteiger partial charge in [0.15, 0.2) is 0 Å². The summed E-state index contributed by atoms with van der Waals surface area (Å²) >= 11 is 3.25. The second kappa shape index (κ2) is 4.25. The third-order valence-electron chi connectivity index (χ3n) is 2.51. The fraction of sp³-hybridized carbons (Fsp3) is 0.273. The zero-order chi connectivity index (χ0) is 11.7. The lowest BCUT2D eigenvalue weighted by molar-refractivity contribution is -0.117. The van der Waals surface area contributed by atoms with Gasteiger partial charge in [-0.1, -0.05) is 15.9 Å². The van der Waals surface area contributed by atoms with Gasteiger partial charge in [-0.05, 0) is 24.6 Å². The smallest absolute Gasteiger partial charge is 0.335 e. The number of carboxylic acids is 1. The minimum atomic E-state index is -0.991. The maximum atomic E-state index is 11.5. The van der Waals surface area contributed by atoms with E-state index in [1.165, 1.54) is 12.1 Å². The molecule has 0 aliphatic carbocycles. The van der Waals surface area contributed by atoms with E-state index < -0.39 is 5.97 Å². The van der Waals surface area contributed by atoms with Gasteiger partial charge < -0.3 is 10.0 Å². The molecule has 4 nitrogen and oxygen atoms in total. The molecule has 1 fully saturated rings. The SMILES string of the molecule is O=C(O)c1cc(Br)cc(N2CCCC2=O)c1. The summed E-state index contributed by atoms with van der Waals surface area (Å²) in [6.45, 7) is 0.661. The Labute approximate surface area is 101 Å². The van der Waals surface area contributed by atoms with Crippen LogP contribution in [0.15, 0.2) is 22.7 Å². The Balaban J connectivity index is 2.40. The average Bonchev–Trinajstić information content (AvgIpc) is 2.63. The largest absolute Gasteiger partial charge is 0.478 e. The van der Waals surface area contributed by atoms with Crippen LogP contribution in [0.3, 0.4) is 0 Å². The van der Waals surface area contributed by atoms with Crippen LogP contribution >= 0.6 is 15.9 Å². The minimum Gasteiger partial charge on any atom is -0.478 e. The first kappa shape index (κ1) is 11.1. The lowest BCUT2D eigenvalue weighted by atomic mass is 10.2. The molecule has 0 aromatic heterocycles. The van der Waals surface area contributed by atoms with Crippen molar-refractivity contribution >= 4 is 33.5 Å². The van der Waals surface area contributed by atoms with Gasteiger partial charge in [0.25, 0.3) is 0 Å². The number of halogens is 1. The summed E-state index contributed by atoms with van der Waals surface area (Å²) in [5, 5.41) is 8.92. The lowest BCUT2D eigenvalue weighted by Crippen LogP contribution is -2.23. The maximum absolute atomic E-state index is 11.5. The van der Waals surface area contributed by atoms with Gasteiger partial charge >= 0.3 is 5.97 Å². The van der Waals surface area contributed by atoms with Gasteiger partial charge in [0.2, 0.25) is 5.91 Å². The van der Waals surface area contributed by atoms with E-state index in [0.29, 0.717) is 23.1 Å². The van der Waals surface area contributed by atoms with E-state index in [9.17, 15) is 9.59 Å². The van der Waals surface area contributed by atoms with Crippen molar-refractivity contribution in [2.75, 3.05) is 11.4 Å². The fourth-order valence-corrected chi connectivity index (χ4v) is 2.26. The molecule has 1 aromatic rings. The summed E-state index contributed by atoms with van der Waals surface area (Å²) in [6, 6.07) is 4.80. The first-order valence-electron chi connectivity index (χ1n) is 4.92. The molecule has 0 bridgehead atoms. The second-order valence-corrected chi connectivity index (χ2v) is 4.57. The molecule has 84 valence electrons. The summed E-state index contributed by atoms with van der Waals surface area (Å²) < 4.78 is 0.669. The zero-order valence-electron chi connectivity index (χ0n) is 8.44. The van der Waals surface area contributed by atoms with E-state index in [0.717, 1.165) is 6.42 Å². The molecule has 2 rings (SSSR count). The number of nitrogens with zero attached hydrogens (tertiary/aromatic N) is 1. The number of anilines is 1. The van der Waals surface area contributed by atoms with Gasteiger partial charge in [-0.3, -0.25) is 4.79 Å². The molecule has 1 aliphatic heterocycles. The Hall–Kier alpha value is -1.36. The normalized spacial score (nSPS) is 15.6. The number of hydrogen-bond acceptors (Lipinski definition) is 2. The van der Waals surface area contributed by atoms with Crippen molar-refractivity contribution in [3.8, 4) is 0 Å². The van der Waals surface area contributed by atoms with Crippen molar-refractivity contribution in [1.82, 2.24) is 0 Å². The van der Waals surface area contributed by atoms with Crippen LogP contribution in [0, 0.1) is 0 Å². The topological polar surface area (TPSA) is 57.6 Å². The van der Waals surface area contributed by atoms with E-state index in [2.05, 4.69) is 15.9 Å². The summed E-state index contributed by atoms with van der Waals surface area (Å²) in [6.07, 6.45) is 1.36. The predicted molar refractivity (Wildman–Crippen MR) is 62.7 cm³/mol. The van der Waals surface area contributed by atoms with Crippen LogP contribution in [0.25, 0.3) is 0 Å². The first-order chi connectivity index (χ1) is 7.58. The molecule has 1 aliphatic rings. The highest BCUT2D eigenvalue weighted by atomic mass is 79.9. The van der Waals surface area contributed by atoms with Gasteiger partial charge in [0.1, 0.15) is 0 Å². The van der Waals surface area contributed by atoms with Crippen molar-refractivity contribution < 1.29 is 14.7 Å². The molecular weight excluding hydrogens is 274 g/mol. The fourth-order valence-electron chi connectivity index (χ4n) is 1.77. The quantitative estimate of drug-likeness (QED) is 0.906. The molecule has 16 heavy (non-hydrogen) atoms. The first-order valence-corrected chi connectivity index (χ1v) is 5.71. The van der Waals surface area contributed by atoms with E-state index in [1.807, 2.05) is 0 Å². The molecule has 0 spiro atoms. The molecule has 5 heteroatoms. The standard InChI is InChI=1S/C11H10BrNO3/c12-8-4-7(11(15)16)5-9(6-8)13-3-1-2-10(13)14/h4-6H,1-3H2,(H,15,16). The molecule has 1 amide bonds. The highest BCUT2D eigenvalue weighted by molar-refractivity contribution is 9.10. The van der Waals surface area contributed by atoms with Gasteiger partial charge in [-0.25, -0.2) is 4.79 Å². The molecule has 1 N–H and O–H groups in total. The highest BCUT2D eigenvalue weighted by Crippen LogP contribution is 2.26. The molecule has 0 saturated carbocycles. The van der Waals surface area contributed by atoms with Crippen molar-refractivity contribution in [2.24, 2.45) is 0 Å². The monoisotopic (exact) mass is 283 g/mol. The summed E-state index contributed by atoms with van der Waals surface area (Å²) in [4.78, 5) is 24.0. The Kier molecular flexibility index (Phi) is 2.96. The molecular formula is C11H10BrNO3. The summed E-state index contributed by atoms with van der Waals surface area (Å²) in [5.74, 6) is -0.941. The van der Waals surface area contributed by atoms with E-state index >= 15 is 0 Å². The average molecular weight is 284 g/mol. The van der Waals surface area contributed by atoms with Gasteiger partial charge in [0.05, 0.1) is 5.56 Å². The Morgan fingerprint density at radius 1 is 1.38 bits per heavy atom. The van der Waals surface area contributed by atoms with E-state index in [1.54, 1.807) is 11.0 Å². The Morgan fingerprint density at radius 3 is 2.69 bits per heavy atom. The lowest BCUT2D eigenvalue weighted by Gasteiger charge is -2.16. The maximum Gasteiger partial charge on any atom is 0.335 e. The van der Waals surface area contributed by atoms with Crippen LogP contribution in [-0.4, -0.2) is 23.5 Å². The number of carbonyl (C=O) groups excluding carboxylic acids is 1. The highest BCUT2D eigenvalue weighted by Gasteiger charge is 2.22. The number of aromatic carboxylic acids is 1. The molecule has 1 heterocycles. The number of benzene rings is 1. The molecule has 0 unspecified atom stereocenters. The third kappa shape index (κ3) is 2.09. The van der Waals surface area contributed by atoms with Crippen molar-refractivity contribution in [2.45, 2.75) is 12.8 Å². The zero-order valence-corrected chi connectivity index (χ0v) is 10.0. The molecule has 0 atom stereocenters. The van der Waals surface area contributed by atoms with Crippen molar-refractivity contribution in [1.29, 1.82) is 0 Å². The van der Waals surface area contributed by atoms with Crippen LogP contribution in [0.2, 0.25) is 0 Å². The number of carbonyl (C=O) groups is 2. The second-order valence-electron chi connectivity index (χ2n) is 3.65. The molecule has 0 radical (unpaired) electrons. The number of carboxylic acid groups (broad SMARTS) is 1. The van der Waals surface area contributed by atoms with Crippen molar-refractivity contribution in [3.05, 3.63) is 28.2 Å². The van der Waals surface area contributed by atoms with Crippen LogP contribution < -0.4 is 4.90 Å². The van der Waals surface area contributed by atoms with Crippen LogP contribution in [0.1, 0.15) is 23.2 Å². The predicted octanol–water partition coefficient (Wildman–Crippen LogP) is 2.27. The number of rotatable bonds is 2. The van der Waals surface area contributed by atoms with Crippen molar-refractivity contribution in [3.63, 3.8) is 0 Å². The number of hydrogen-bond donors (Lipinski definition) is 1. The van der Waals surface area contributed by atoms with Gasteiger partial charge in [-0.2, -0.15) is 0 Å². The van der Waals surface area contributed by atoms with E-state index in [4.69, 9.17) is 5.11 Å². The Bertz CT molecular complexity index is 459. The number of amides is 1. The van der Waals surface area contributed by atoms with Crippen LogP contribution in [0.5, 0.6) is 0 Å². The molecule has 1 saturated heterocycles. The Morgan fingerprint density at radius 2 is 2.12 bits per heavy atom. The van der Waals surface area contributed by atoms with E-state index in [-0.39, 0.29) is 11.5 Å². The van der Waals surface area contributed by atoms with Crippen LogP contribution in [-0.2, 0) is 4.79 Å². The summed E-state index contributed by atoms with van der Waals surface area (Å²) in [5.41, 5.74) is 0.832. The van der Waals surface area contributed by atoms with Crippen LogP contribution in [0.4, 0.5) is 5.69 Å². The van der Waals surface area contributed by atoms with Gasteiger partial charge in [0, 0.05) is 23.1 Å². The molecule has 1 aromatic carbocycles. The minimum absolute atomic E-state index is 0.0504.